The first kappa shape index (κ1) is 28.5. The number of hydrogen-bond donors (Lipinski definition) is 2. The molecule has 2 N–H and O–H groups in total. The van der Waals surface area contributed by atoms with Gasteiger partial charge in [-0.15, -0.1) is 0 Å². The fraction of sp³-hybridized carbons (Fsp3) is 0.217. The minimum Gasteiger partial charge on any atom is -0.790 e. The number of fused-ring (bicyclic) bond motifs is 1. The molecule has 0 fully saturated rings. The number of nitrogens with zero attached hydrogens (tertiary/aromatic N) is 4. The van der Waals surface area contributed by atoms with Crippen molar-refractivity contribution in [2.45, 2.75) is 5.60 Å². The van der Waals surface area contributed by atoms with Gasteiger partial charge < -0.3 is 48.5 Å². The third-order valence-electron chi connectivity index (χ3n) is 5.29. The highest BCUT2D eigenvalue weighted by Crippen LogP contribution is 2.41. The van der Waals surface area contributed by atoms with E-state index in [1.807, 2.05) is 0 Å². The molecule has 1 aliphatic heterocycles. The second-order valence-electron chi connectivity index (χ2n) is 8.11. The first-order valence-electron chi connectivity index (χ1n) is 11.1. The van der Waals surface area contributed by atoms with E-state index in [9.17, 15) is 23.5 Å². The molecule has 1 amide bonds. The number of carbonyl (C=O) groups excluding carboxylic acids is 1. The van der Waals surface area contributed by atoms with Gasteiger partial charge in [-0.25, -0.2) is 14.4 Å². The lowest BCUT2D eigenvalue weighted by atomic mass is 10.1. The summed E-state index contributed by atoms with van der Waals surface area (Å²) < 4.78 is 51.3. The van der Waals surface area contributed by atoms with Crippen LogP contribution in [0.2, 0.25) is 0 Å². The number of carbonyl (C=O) groups is 1. The SMILES string of the molecule is [CH2+]C1([CH2+])Oc2ccc(Nc3nc(Nc4cc(OC)c(OC)c(OC)c4)ncc3F)nc2N(COP(=O)([O-])[O-])C1=O. The average Bonchev–Trinajstić information content (AvgIpc) is 2.89. The topological polar surface area (TPSA) is 192 Å². The fourth-order valence-corrected chi connectivity index (χ4v) is 3.80. The Labute approximate surface area is 227 Å². The van der Waals surface area contributed by atoms with Crippen molar-refractivity contribution in [3.8, 4) is 23.0 Å². The Morgan fingerprint density at radius 3 is 2.38 bits per heavy atom. The molecule has 0 saturated heterocycles. The zero-order valence-corrected chi connectivity index (χ0v) is 22.2. The van der Waals surface area contributed by atoms with Gasteiger partial charge in [0.15, 0.2) is 48.5 Å². The Morgan fingerprint density at radius 1 is 1.10 bits per heavy atom. The summed E-state index contributed by atoms with van der Waals surface area (Å²) in [6.45, 7) is 6.07. The van der Waals surface area contributed by atoms with E-state index in [1.54, 1.807) is 12.1 Å². The molecule has 0 unspecified atom stereocenters. The Balaban J connectivity index is 1.62. The van der Waals surface area contributed by atoms with Crippen LogP contribution in [0.25, 0.3) is 0 Å². The third-order valence-corrected chi connectivity index (χ3v) is 5.72. The maximum atomic E-state index is 14.6. The summed E-state index contributed by atoms with van der Waals surface area (Å²) in [7, 11) is -1.10. The van der Waals surface area contributed by atoms with Crippen molar-refractivity contribution >= 4 is 42.8 Å². The van der Waals surface area contributed by atoms with Crippen LogP contribution in [0.1, 0.15) is 0 Å². The summed E-state index contributed by atoms with van der Waals surface area (Å²) >= 11 is 0. The van der Waals surface area contributed by atoms with Gasteiger partial charge in [-0.3, -0.25) is 9.69 Å². The molecule has 0 saturated carbocycles. The van der Waals surface area contributed by atoms with Crippen molar-refractivity contribution in [1.82, 2.24) is 15.0 Å². The summed E-state index contributed by atoms with van der Waals surface area (Å²) in [4.78, 5) is 47.7. The number of phosphoric ester groups is 1. The largest absolute Gasteiger partial charge is 0.790 e. The molecule has 1 aromatic carbocycles. The van der Waals surface area contributed by atoms with Gasteiger partial charge in [0, 0.05) is 17.8 Å². The zero-order chi connectivity index (χ0) is 29.2. The van der Waals surface area contributed by atoms with Gasteiger partial charge in [-0.1, -0.05) is 0 Å². The van der Waals surface area contributed by atoms with E-state index in [-0.39, 0.29) is 29.2 Å². The maximum Gasteiger partial charge on any atom is 0.453 e. The number of methoxy groups -OCH3 is 3. The van der Waals surface area contributed by atoms with Gasteiger partial charge in [-0.05, 0) is 12.1 Å². The third kappa shape index (κ3) is 6.05. The Bertz CT molecular complexity index is 1460. The number of rotatable bonds is 10. The number of halogens is 1. The minimum atomic E-state index is -5.45. The van der Waals surface area contributed by atoms with E-state index in [1.165, 1.54) is 33.5 Å². The van der Waals surface area contributed by atoms with Crippen LogP contribution < -0.4 is 44.3 Å². The molecule has 0 atom stereocenters. The minimum absolute atomic E-state index is 0.0230. The number of hydrogen-bond acceptors (Lipinski definition) is 14. The molecule has 0 spiro atoms. The Kier molecular flexibility index (Phi) is 7.79. The maximum absolute atomic E-state index is 14.6. The second-order valence-corrected chi connectivity index (χ2v) is 9.26. The Morgan fingerprint density at radius 2 is 1.77 bits per heavy atom. The lowest BCUT2D eigenvalue weighted by molar-refractivity contribution is -0.341. The van der Waals surface area contributed by atoms with Crippen LogP contribution in [-0.2, 0) is 13.9 Å². The summed E-state index contributed by atoms with van der Waals surface area (Å²) in [5.41, 5.74) is -1.47. The Hall–Kier alpha value is -4.50. The van der Waals surface area contributed by atoms with Crippen molar-refractivity contribution in [2.24, 2.45) is 0 Å². The summed E-state index contributed by atoms with van der Waals surface area (Å²) in [6, 6.07) is 5.89. The van der Waals surface area contributed by atoms with Gasteiger partial charge in [-0.2, -0.15) is 4.98 Å². The smallest absolute Gasteiger partial charge is 0.453 e. The monoisotopic (exact) mass is 576 g/mol. The van der Waals surface area contributed by atoms with Crippen molar-refractivity contribution in [3.63, 3.8) is 0 Å². The number of ether oxygens (including phenoxy) is 4. The van der Waals surface area contributed by atoms with Crippen molar-refractivity contribution in [2.75, 3.05) is 43.6 Å². The molecule has 0 aliphatic carbocycles. The molecule has 4 rings (SSSR count). The van der Waals surface area contributed by atoms with Crippen LogP contribution in [0, 0.1) is 19.7 Å². The highest BCUT2D eigenvalue weighted by molar-refractivity contribution is 7.43. The number of nitrogens with one attached hydrogen (secondary N) is 2. The summed E-state index contributed by atoms with van der Waals surface area (Å²) in [6.07, 6.45) is 0.904. The zero-order valence-electron chi connectivity index (χ0n) is 21.3. The average molecular weight is 576 g/mol. The molecule has 3 heterocycles. The highest BCUT2D eigenvalue weighted by atomic mass is 31.2. The predicted octanol–water partition coefficient (Wildman–Crippen LogP) is 1.46. The lowest BCUT2D eigenvalue weighted by Crippen LogP contribution is -2.54. The van der Waals surface area contributed by atoms with Crippen LogP contribution in [-0.4, -0.2) is 54.5 Å². The van der Waals surface area contributed by atoms with Crippen LogP contribution in [0.4, 0.5) is 33.5 Å². The van der Waals surface area contributed by atoms with E-state index < -0.39 is 31.9 Å². The standard InChI is InChI=1S/C23H22FN6O9P/c1-23(2)21(31)30(11-38-40(32,33)34)20-14(39-23)6-7-17(28-20)27-19-13(24)10-25-22(29-19)26-12-8-15(35-3)18(37-5)16(9-12)36-4/h6-10H,1-2,11H2,3-5H3,(H2-2,25,26,27,28,29,32,33,34). The van der Waals surface area contributed by atoms with Crippen LogP contribution in [0.3, 0.4) is 0 Å². The van der Waals surface area contributed by atoms with E-state index in [0.29, 0.717) is 27.8 Å². The quantitative estimate of drug-likeness (QED) is 0.260. The van der Waals surface area contributed by atoms with E-state index >= 15 is 0 Å². The first-order valence-corrected chi connectivity index (χ1v) is 12.6. The van der Waals surface area contributed by atoms with Crippen molar-refractivity contribution in [3.05, 3.63) is 50.1 Å². The van der Waals surface area contributed by atoms with Crippen LogP contribution in [0.5, 0.6) is 23.0 Å². The van der Waals surface area contributed by atoms with Gasteiger partial charge in [0.25, 0.3) is 0 Å². The number of aromatic nitrogens is 3. The number of benzene rings is 1. The molecule has 2 aromatic heterocycles. The molecule has 3 aromatic rings. The number of anilines is 5. The molecule has 0 bridgehead atoms. The van der Waals surface area contributed by atoms with Gasteiger partial charge in [0.2, 0.25) is 11.7 Å². The summed E-state index contributed by atoms with van der Waals surface area (Å²) in [5, 5.41) is 5.56. The van der Waals surface area contributed by atoms with Crippen LogP contribution in [0.15, 0.2) is 30.5 Å². The van der Waals surface area contributed by atoms with Crippen molar-refractivity contribution in [1.29, 1.82) is 0 Å². The first-order chi connectivity index (χ1) is 18.8. The number of pyridine rings is 1. The summed E-state index contributed by atoms with van der Waals surface area (Å²) in [5.74, 6) is -1.36. The van der Waals surface area contributed by atoms with E-state index in [2.05, 4.69) is 44.0 Å². The molecule has 210 valence electrons. The predicted molar refractivity (Wildman–Crippen MR) is 134 cm³/mol. The molecular formula is C23H22FN6O9P. The van der Waals surface area contributed by atoms with Crippen LogP contribution >= 0.6 is 7.82 Å². The van der Waals surface area contributed by atoms with Gasteiger partial charge >= 0.3 is 11.5 Å². The van der Waals surface area contributed by atoms with Gasteiger partial charge in [0.05, 0.1) is 35.3 Å². The van der Waals surface area contributed by atoms with Crippen molar-refractivity contribution < 1.29 is 47.0 Å². The molecule has 1 aliphatic rings. The second kappa shape index (κ2) is 10.9. The number of amides is 1. The fourth-order valence-electron chi connectivity index (χ4n) is 3.54. The van der Waals surface area contributed by atoms with E-state index in [4.69, 9.17) is 18.9 Å². The molecule has 0 radical (unpaired) electrons. The highest BCUT2D eigenvalue weighted by Gasteiger charge is 2.54. The molecule has 17 heteroatoms. The van der Waals surface area contributed by atoms with Gasteiger partial charge in [0.1, 0.15) is 12.5 Å². The molecule has 40 heavy (non-hydrogen) atoms. The van der Waals surface area contributed by atoms with E-state index in [0.717, 1.165) is 6.20 Å². The normalized spacial score (nSPS) is 14.2. The lowest BCUT2D eigenvalue weighted by Gasteiger charge is -2.34. The number of phosphoric acid groups is 1. The molecule has 15 nitrogen and oxygen atoms in total. The molecular weight excluding hydrogens is 554 g/mol.